The molecule has 0 aliphatic carbocycles. The predicted molar refractivity (Wildman–Crippen MR) is 64.2 cm³/mol. The summed E-state index contributed by atoms with van der Waals surface area (Å²) in [6.45, 7) is 4.29. The van der Waals surface area contributed by atoms with Crippen molar-refractivity contribution >= 4 is 5.97 Å². The molecule has 2 N–H and O–H groups in total. The number of aliphatic hydroxyl groups excluding tert-OH is 1. The molecule has 96 valence electrons. The zero-order valence-electron chi connectivity index (χ0n) is 10.7. The van der Waals surface area contributed by atoms with Crippen LogP contribution in [0.1, 0.15) is 46.0 Å². The van der Waals surface area contributed by atoms with Crippen LogP contribution in [-0.4, -0.2) is 36.9 Å². The van der Waals surface area contributed by atoms with Crippen LogP contribution >= 0.6 is 0 Å². The number of hydrogen-bond donors (Lipinski definition) is 2. The van der Waals surface area contributed by atoms with Gasteiger partial charge in [-0.3, -0.25) is 4.79 Å². The first-order valence-corrected chi connectivity index (χ1v) is 6.14. The van der Waals surface area contributed by atoms with Gasteiger partial charge in [0, 0.05) is 12.6 Å². The number of carbonyl (C=O) groups excluding carboxylic acids is 1. The third-order valence-corrected chi connectivity index (χ3v) is 2.74. The van der Waals surface area contributed by atoms with Crippen molar-refractivity contribution in [1.29, 1.82) is 0 Å². The molecule has 0 aromatic rings. The van der Waals surface area contributed by atoms with Crippen molar-refractivity contribution in [3.05, 3.63) is 0 Å². The molecule has 2 unspecified atom stereocenters. The second kappa shape index (κ2) is 9.60. The van der Waals surface area contributed by atoms with E-state index in [1.54, 1.807) is 0 Å². The van der Waals surface area contributed by atoms with Gasteiger partial charge in [-0.1, -0.05) is 26.7 Å². The standard InChI is InChI=1S/C12H25NO3/c1-4-6-7-11(12(15)16-3)13-10(5-2)8-9-14/h10-11,13-14H,4-9H2,1-3H3. The van der Waals surface area contributed by atoms with Gasteiger partial charge >= 0.3 is 5.97 Å². The fraction of sp³-hybridized carbons (Fsp3) is 0.917. The van der Waals surface area contributed by atoms with Crippen LogP contribution in [0.3, 0.4) is 0 Å². The molecule has 0 saturated heterocycles. The fourth-order valence-corrected chi connectivity index (χ4v) is 1.67. The van der Waals surface area contributed by atoms with Gasteiger partial charge < -0.3 is 15.2 Å². The van der Waals surface area contributed by atoms with Gasteiger partial charge in [0.25, 0.3) is 0 Å². The molecule has 0 aliphatic heterocycles. The maximum absolute atomic E-state index is 11.5. The van der Waals surface area contributed by atoms with Crippen LogP contribution in [0.5, 0.6) is 0 Å². The molecule has 2 atom stereocenters. The molecule has 0 bridgehead atoms. The van der Waals surface area contributed by atoms with Gasteiger partial charge in [-0.2, -0.15) is 0 Å². The maximum Gasteiger partial charge on any atom is 0.322 e. The molecule has 16 heavy (non-hydrogen) atoms. The normalized spacial score (nSPS) is 14.5. The summed E-state index contributed by atoms with van der Waals surface area (Å²) in [5.74, 6) is -0.204. The monoisotopic (exact) mass is 231 g/mol. The Morgan fingerprint density at radius 1 is 1.38 bits per heavy atom. The summed E-state index contributed by atoms with van der Waals surface area (Å²) in [5, 5.41) is 12.2. The largest absolute Gasteiger partial charge is 0.468 e. The van der Waals surface area contributed by atoms with E-state index >= 15 is 0 Å². The second-order valence-corrected chi connectivity index (χ2v) is 4.00. The highest BCUT2D eigenvalue weighted by molar-refractivity contribution is 5.75. The van der Waals surface area contributed by atoms with E-state index in [4.69, 9.17) is 9.84 Å². The van der Waals surface area contributed by atoms with Crippen LogP contribution in [0.4, 0.5) is 0 Å². The topological polar surface area (TPSA) is 58.6 Å². The van der Waals surface area contributed by atoms with E-state index < -0.39 is 0 Å². The second-order valence-electron chi connectivity index (χ2n) is 4.00. The molecule has 0 spiro atoms. The summed E-state index contributed by atoms with van der Waals surface area (Å²) in [4.78, 5) is 11.5. The molecule has 4 heteroatoms. The van der Waals surface area contributed by atoms with Gasteiger partial charge in [0.05, 0.1) is 7.11 Å². The minimum absolute atomic E-state index is 0.146. The molecule has 0 aromatic heterocycles. The van der Waals surface area contributed by atoms with Crippen molar-refractivity contribution in [3.8, 4) is 0 Å². The average Bonchev–Trinajstić information content (AvgIpc) is 2.32. The number of aliphatic hydroxyl groups is 1. The van der Waals surface area contributed by atoms with E-state index in [-0.39, 0.29) is 24.7 Å². The third kappa shape index (κ3) is 6.08. The van der Waals surface area contributed by atoms with Crippen molar-refractivity contribution in [2.75, 3.05) is 13.7 Å². The van der Waals surface area contributed by atoms with Crippen LogP contribution in [0.25, 0.3) is 0 Å². The first-order chi connectivity index (χ1) is 7.69. The third-order valence-electron chi connectivity index (χ3n) is 2.74. The molecule has 0 aliphatic rings. The lowest BCUT2D eigenvalue weighted by Gasteiger charge is -2.22. The Labute approximate surface area is 98.4 Å². The minimum Gasteiger partial charge on any atom is -0.468 e. The van der Waals surface area contributed by atoms with Crippen LogP contribution in [-0.2, 0) is 9.53 Å². The zero-order valence-corrected chi connectivity index (χ0v) is 10.7. The smallest absolute Gasteiger partial charge is 0.322 e. The Kier molecular flexibility index (Phi) is 9.24. The van der Waals surface area contributed by atoms with Gasteiger partial charge in [0.2, 0.25) is 0 Å². The molecule has 0 aromatic carbocycles. The Bertz CT molecular complexity index is 185. The number of ether oxygens (including phenoxy) is 1. The fourth-order valence-electron chi connectivity index (χ4n) is 1.67. The Balaban J connectivity index is 4.21. The molecule has 0 amide bonds. The Morgan fingerprint density at radius 2 is 2.06 bits per heavy atom. The van der Waals surface area contributed by atoms with E-state index in [2.05, 4.69) is 12.2 Å². The van der Waals surface area contributed by atoms with Gasteiger partial charge in [0.15, 0.2) is 0 Å². The van der Waals surface area contributed by atoms with Crippen LogP contribution in [0.2, 0.25) is 0 Å². The minimum atomic E-state index is -0.235. The molecule has 4 nitrogen and oxygen atoms in total. The van der Waals surface area contributed by atoms with Crippen molar-refractivity contribution in [1.82, 2.24) is 5.32 Å². The number of hydrogen-bond acceptors (Lipinski definition) is 4. The molecular weight excluding hydrogens is 206 g/mol. The van der Waals surface area contributed by atoms with Gasteiger partial charge in [-0.25, -0.2) is 0 Å². The number of nitrogens with one attached hydrogen (secondary N) is 1. The van der Waals surface area contributed by atoms with Gasteiger partial charge in [-0.05, 0) is 19.3 Å². The number of esters is 1. The number of unbranched alkanes of at least 4 members (excludes halogenated alkanes) is 1. The summed E-state index contributed by atoms with van der Waals surface area (Å²) >= 11 is 0. The SMILES string of the molecule is CCCCC(NC(CC)CCO)C(=O)OC. The maximum atomic E-state index is 11.5. The van der Waals surface area contributed by atoms with Crippen molar-refractivity contribution < 1.29 is 14.6 Å². The van der Waals surface area contributed by atoms with Gasteiger partial charge in [0.1, 0.15) is 6.04 Å². The summed E-state index contributed by atoms with van der Waals surface area (Å²) in [5.41, 5.74) is 0. The number of carbonyl (C=O) groups is 1. The molecule has 0 rings (SSSR count). The van der Waals surface area contributed by atoms with Crippen molar-refractivity contribution in [2.45, 2.75) is 58.0 Å². The highest BCUT2D eigenvalue weighted by atomic mass is 16.5. The van der Waals surface area contributed by atoms with Crippen LogP contribution < -0.4 is 5.32 Å². The highest BCUT2D eigenvalue weighted by Crippen LogP contribution is 2.06. The quantitative estimate of drug-likeness (QED) is 0.590. The summed E-state index contributed by atoms with van der Waals surface area (Å²) < 4.78 is 4.77. The Hall–Kier alpha value is -0.610. The first kappa shape index (κ1) is 15.4. The van der Waals surface area contributed by atoms with Crippen molar-refractivity contribution in [2.24, 2.45) is 0 Å². The van der Waals surface area contributed by atoms with E-state index in [9.17, 15) is 4.79 Å². The predicted octanol–water partition coefficient (Wildman–Crippen LogP) is 1.47. The van der Waals surface area contributed by atoms with Gasteiger partial charge in [-0.15, -0.1) is 0 Å². The Morgan fingerprint density at radius 3 is 2.50 bits per heavy atom. The van der Waals surface area contributed by atoms with Crippen LogP contribution in [0, 0.1) is 0 Å². The number of methoxy groups -OCH3 is 1. The lowest BCUT2D eigenvalue weighted by atomic mass is 10.1. The van der Waals surface area contributed by atoms with E-state index in [1.165, 1.54) is 7.11 Å². The first-order valence-electron chi connectivity index (χ1n) is 6.14. The summed E-state index contributed by atoms with van der Waals surface area (Å²) in [6, 6.07) is -0.0487. The highest BCUT2D eigenvalue weighted by Gasteiger charge is 2.21. The van der Waals surface area contributed by atoms with E-state index in [1.807, 2.05) is 6.92 Å². The molecular formula is C12H25NO3. The molecule has 0 heterocycles. The summed E-state index contributed by atoms with van der Waals surface area (Å²) in [7, 11) is 1.41. The zero-order chi connectivity index (χ0) is 12.4. The average molecular weight is 231 g/mol. The molecule has 0 saturated carbocycles. The van der Waals surface area contributed by atoms with Crippen LogP contribution in [0.15, 0.2) is 0 Å². The molecule has 0 radical (unpaired) electrons. The lowest BCUT2D eigenvalue weighted by Crippen LogP contribution is -2.44. The van der Waals surface area contributed by atoms with Crippen molar-refractivity contribution in [3.63, 3.8) is 0 Å². The van der Waals surface area contributed by atoms with E-state index in [0.29, 0.717) is 6.42 Å². The van der Waals surface area contributed by atoms with E-state index in [0.717, 1.165) is 25.7 Å². The molecule has 0 fully saturated rings. The number of rotatable bonds is 9. The lowest BCUT2D eigenvalue weighted by molar-refractivity contribution is -0.143. The summed E-state index contributed by atoms with van der Waals surface area (Å²) in [6.07, 6.45) is 4.44.